The van der Waals surface area contributed by atoms with Crippen molar-refractivity contribution in [2.45, 2.75) is 6.54 Å². The van der Waals surface area contributed by atoms with Gasteiger partial charge in [0.25, 0.3) is 0 Å². The summed E-state index contributed by atoms with van der Waals surface area (Å²) < 4.78 is 32.2. The van der Waals surface area contributed by atoms with E-state index in [-0.39, 0.29) is 5.82 Å². The smallest absolute Gasteiger partial charge is 0.302 e. The average molecular weight is 336 g/mol. The van der Waals surface area contributed by atoms with Crippen molar-refractivity contribution in [3.05, 3.63) is 48.2 Å². The zero-order chi connectivity index (χ0) is 16.9. The van der Waals surface area contributed by atoms with Crippen LogP contribution in [0, 0.1) is 0 Å². The largest absolute Gasteiger partial charge is 0.496 e. The van der Waals surface area contributed by atoms with Gasteiger partial charge in [0.2, 0.25) is 0 Å². The Labute approximate surface area is 136 Å². The summed E-state index contributed by atoms with van der Waals surface area (Å²) in [5.74, 6) is 1.07. The first-order valence-electron chi connectivity index (χ1n) is 6.94. The lowest BCUT2D eigenvalue weighted by molar-refractivity contribution is 0.410. The Balaban J connectivity index is 2.00. The molecular formula is C15H20N4O3S. The molecule has 0 aliphatic heterocycles. The first kappa shape index (κ1) is 17.0. The van der Waals surface area contributed by atoms with Crippen molar-refractivity contribution >= 4 is 21.7 Å². The molecule has 2 N–H and O–H groups in total. The van der Waals surface area contributed by atoms with E-state index in [1.54, 1.807) is 25.4 Å². The van der Waals surface area contributed by atoms with Crippen molar-refractivity contribution in [2.75, 3.05) is 31.2 Å². The van der Waals surface area contributed by atoms with E-state index >= 15 is 0 Å². The number of hydrogen-bond donors (Lipinski definition) is 2. The van der Waals surface area contributed by atoms with Gasteiger partial charge in [0.05, 0.1) is 19.0 Å². The molecule has 0 saturated carbocycles. The Bertz CT molecular complexity index is 746. The van der Waals surface area contributed by atoms with Crippen LogP contribution >= 0.6 is 0 Å². The Kier molecular flexibility index (Phi) is 5.41. The normalized spacial score (nSPS) is 11.3. The molecule has 0 aliphatic rings. The second-order valence-corrected chi connectivity index (χ2v) is 6.87. The van der Waals surface area contributed by atoms with Crippen LogP contribution in [0.4, 0.5) is 11.5 Å². The summed E-state index contributed by atoms with van der Waals surface area (Å²) in [5.41, 5.74) is 1.80. The van der Waals surface area contributed by atoms with E-state index in [2.05, 4.69) is 15.0 Å². The van der Waals surface area contributed by atoms with Crippen LogP contribution < -0.4 is 14.8 Å². The highest BCUT2D eigenvalue weighted by molar-refractivity contribution is 7.90. The van der Waals surface area contributed by atoms with Crippen molar-refractivity contribution in [2.24, 2.45) is 0 Å². The average Bonchev–Trinajstić information content (AvgIpc) is 2.54. The molecule has 0 amide bonds. The highest BCUT2D eigenvalue weighted by atomic mass is 32.2. The molecule has 0 spiro atoms. The van der Waals surface area contributed by atoms with Crippen molar-refractivity contribution in [1.29, 1.82) is 0 Å². The molecule has 2 aromatic rings. The lowest BCUT2D eigenvalue weighted by Gasteiger charge is -2.13. The molecular weight excluding hydrogens is 316 g/mol. The first-order valence-corrected chi connectivity index (χ1v) is 8.38. The number of nitrogens with one attached hydrogen (secondary N) is 2. The van der Waals surface area contributed by atoms with E-state index in [9.17, 15) is 8.42 Å². The number of rotatable bonds is 7. The number of pyridine rings is 1. The molecule has 1 heterocycles. The molecule has 124 valence electrons. The summed E-state index contributed by atoms with van der Waals surface area (Å²) in [6.45, 7) is 0.578. The molecule has 0 aliphatic carbocycles. The topological polar surface area (TPSA) is 83.6 Å². The molecule has 23 heavy (non-hydrogen) atoms. The van der Waals surface area contributed by atoms with Gasteiger partial charge in [0.15, 0.2) is 0 Å². The van der Waals surface area contributed by atoms with E-state index in [1.807, 2.05) is 24.3 Å². The SMILES string of the molecule is COc1ccccc1CNc1ccc(NS(=O)(=O)N(C)C)nc1. The van der Waals surface area contributed by atoms with Gasteiger partial charge in [-0.15, -0.1) is 0 Å². The lowest BCUT2D eigenvalue weighted by Crippen LogP contribution is -2.29. The van der Waals surface area contributed by atoms with E-state index in [4.69, 9.17) is 4.74 Å². The minimum atomic E-state index is -3.54. The molecule has 0 fully saturated rings. The Morgan fingerprint density at radius 3 is 2.52 bits per heavy atom. The minimum Gasteiger partial charge on any atom is -0.496 e. The standard InChI is InChI=1S/C15H20N4O3S/c1-19(2)23(20,21)18-15-9-8-13(11-17-15)16-10-12-6-4-5-7-14(12)22-3/h4-9,11,16H,10H2,1-3H3,(H,17,18). The maximum Gasteiger partial charge on any atom is 0.302 e. The van der Waals surface area contributed by atoms with Gasteiger partial charge in [-0.3, -0.25) is 4.72 Å². The molecule has 0 saturated heterocycles. The molecule has 0 unspecified atom stereocenters. The quantitative estimate of drug-likeness (QED) is 0.807. The number of nitrogens with zero attached hydrogens (tertiary/aromatic N) is 2. The molecule has 0 radical (unpaired) electrons. The molecule has 2 rings (SSSR count). The fourth-order valence-corrected chi connectivity index (χ4v) is 2.40. The Morgan fingerprint density at radius 1 is 1.17 bits per heavy atom. The van der Waals surface area contributed by atoms with Gasteiger partial charge in [-0.2, -0.15) is 12.7 Å². The molecule has 1 aromatic carbocycles. The van der Waals surface area contributed by atoms with Crippen LogP contribution in [0.3, 0.4) is 0 Å². The maximum atomic E-state index is 11.7. The maximum absolute atomic E-state index is 11.7. The van der Waals surface area contributed by atoms with Gasteiger partial charge in [-0.05, 0) is 18.2 Å². The van der Waals surface area contributed by atoms with E-state index < -0.39 is 10.2 Å². The predicted octanol–water partition coefficient (Wildman–Crippen LogP) is 1.92. The number of anilines is 2. The first-order chi connectivity index (χ1) is 10.9. The fraction of sp³-hybridized carbons (Fsp3) is 0.267. The van der Waals surface area contributed by atoms with Gasteiger partial charge >= 0.3 is 10.2 Å². The molecule has 7 nitrogen and oxygen atoms in total. The second-order valence-electron chi connectivity index (χ2n) is 4.99. The minimum absolute atomic E-state index is 0.265. The van der Waals surface area contributed by atoms with Crippen LogP contribution in [-0.4, -0.2) is 38.9 Å². The zero-order valence-corrected chi connectivity index (χ0v) is 14.1. The number of para-hydroxylation sites is 1. The second kappa shape index (κ2) is 7.30. The lowest BCUT2D eigenvalue weighted by atomic mass is 10.2. The summed E-state index contributed by atoms with van der Waals surface area (Å²) in [5, 5.41) is 3.22. The van der Waals surface area contributed by atoms with Crippen LogP contribution in [0.25, 0.3) is 0 Å². The Morgan fingerprint density at radius 2 is 1.91 bits per heavy atom. The fourth-order valence-electron chi connectivity index (χ4n) is 1.83. The number of methoxy groups -OCH3 is 1. The van der Waals surface area contributed by atoms with E-state index in [0.717, 1.165) is 21.3 Å². The number of hydrogen-bond acceptors (Lipinski definition) is 5. The summed E-state index contributed by atoms with van der Waals surface area (Å²) in [4.78, 5) is 4.09. The van der Waals surface area contributed by atoms with Crippen LogP contribution in [0.2, 0.25) is 0 Å². The van der Waals surface area contributed by atoms with Crippen LogP contribution in [0.15, 0.2) is 42.6 Å². The van der Waals surface area contributed by atoms with E-state index in [0.29, 0.717) is 6.54 Å². The summed E-state index contributed by atoms with van der Waals surface area (Å²) in [6, 6.07) is 11.1. The van der Waals surface area contributed by atoms with Crippen molar-refractivity contribution in [3.63, 3.8) is 0 Å². The molecule has 1 aromatic heterocycles. The Hall–Kier alpha value is -2.32. The van der Waals surface area contributed by atoms with Gasteiger partial charge in [-0.25, -0.2) is 4.98 Å². The predicted molar refractivity (Wildman–Crippen MR) is 90.8 cm³/mol. The summed E-state index contributed by atoms with van der Waals surface area (Å²) in [7, 11) is 0.986. The highest BCUT2D eigenvalue weighted by Crippen LogP contribution is 2.19. The van der Waals surface area contributed by atoms with Crippen LogP contribution in [0.5, 0.6) is 5.75 Å². The van der Waals surface area contributed by atoms with Gasteiger partial charge in [-0.1, -0.05) is 18.2 Å². The van der Waals surface area contributed by atoms with Crippen molar-refractivity contribution in [1.82, 2.24) is 9.29 Å². The van der Waals surface area contributed by atoms with Crippen molar-refractivity contribution in [3.8, 4) is 5.75 Å². The number of ether oxygens (including phenoxy) is 1. The summed E-state index contributed by atoms with van der Waals surface area (Å²) >= 11 is 0. The number of aromatic nitrogens is 1. The van der Waals surface area contributed by atoms with Crippen LogP contribution in [0.1, 0.15) is 5.56 Å². The molecule has 0 atom stereocenters. The molecule has 8 heteroatoms. The third-order valence-electron chi connectivity index (χ3n) is 3.15. The van der Waals surface area contributed by atoms with E-state index in [1.165, 1.54) is 14.1 Å². The van der Waals surface area contributed by atoms with Gasteiger partial charge in [0.1, 0.15) is 11.6 Å². The van der Waals surface area contributed by atoms with Gasteiger partial charge < -0.3 is 10.1 Å². The third kappa shape index (κ3) is 4.57. The number of benzene rings is 1. The zero-order valence-electron chi connectivity index (χ0n) is 13.3. The third-order valence-corrected chi connectivity index (χ3v) is 4.58. The highest BCUT2D eigenvalue weighted by Gasteiger charge is 2.13. The van der Waals surface area contributed by atoms with Crippen molar-refractivity contribution < 1.29 is 13.2 Å². The summed E-state index contributed by atoms with van der Waals surface area (Å²) in [6.07, 6.45) is 1.57. The monoisotopic (exact) mass is 336 g/mol. The van der Waals surface area contributed by atoms with Crippen LogP contribution in [-0.2, 0) is 16.8 Å². The van der Waals surface area contributed by atoms with Gasteiger partial charge in [0, 0.05) is 26.2 Å². The molecule has 0 bridgehead atoms.